The Morgan fingerprint density at radius 1 is 1.64 bits per heavy atom. The first-order valence-electron chi connectivity index (χ1n) is 3.03. The first kappa shape index (κ1) is 9.58. The van der Waals surface area contributed by atoms with E-state index in [0.29, 0.717) is 6.54 Å². The van der Waals surface area contributed by atoms with Gasteiger partial charge in [-0.1, -0.05) is 6.07 Å². The lowest BCUT2D eigenvalue weighted by molar-refractivity contribution is -0.122. The molecule has 60 valence electrons. The summed E-state index contributed by atoms with van der Waals surface area (Å²) in [5, 5.41) is 6.89. The zero-order valence-electron chi connectivity index (χ0n) is 5.97. The number of pyridine rings is 1. The van der Waals surface area contributed by atoms with E-state index in [1.165, 1.54) is 0 Å². The average molecular weight is 154 g/mol. The van der Waals surface area contributed by atoms with Gasteiger partial charge in [-0.05, 0) is 12.1 Å². The van der Waals surface area contributed by atoms with Gasteiger partial charge in [-0.15, -0.1) is 0 Å². The fourth-order valence-electron chi connectivity index (χ4n) is 0.519. The van der Waals surface area contributed by atoms with E-state index < -0.39 is 0 Å². The highest BCUT2D eigenvalue weighted by molar-refractivity contribution is 5.32. The molecule has 0 aromatic carbocycles. The smallest absolute Gasteiger partial charge is 0.290 e. The van der Waals surface area contributed by atoms with Gasteiger partial charge in [0.25, 0.3) is 6.47 Å². The van der Waals surface area contributed by atoms with Gasteiger partial charge >= 0.3 is 0 Å². The molecule has 0 saturated heterocycles. The average Bonchev–Trinajstić information content (AvgIpc) is 2.08. The number of nitrogens with zero attached hydrogens (tertiary/aromatic N) is 1. The molecule has 4 nitrogen and oxygen atoms in total. The largest absolute Gasteiger partial charge is 0.483 e. The van der Waals surface area contributed by atoms with Crippen molar-refractivity contribution in [2.75, 3.05) is 0 Å². The van der Waals surface area contributed by atoms with Gasteiger partial charge in [0.1, 0.15) is 0 Å². The van der Waals surface area contributed by atoms with Gasteiger partial charge in [-0.3, -0.25) is 9.78 Å². The Labute approximate surface area is 64.7 Å². The van der Waals surface area contributed by atoms with Crippen LogP contribution < -0.4 is 5.73 Å². The lowest BCUT2D eigenvalue weighted by Crippen LogP contribution is -1.97. The van der Waals surface area contributed by atoms with Gasteiger partial charge in [0, 0.05) is 12.7 Å². The number of aromatic nitrogens is 1. The Morgan fingerprint density at radius 3 is 2.55 bits per heavy atom. The third kappa shape index (κ3) is 5.05. The monoisotopic (exact) mass is 154 g/mol. The van der Waals surface area contributed by atoms with Crippen molar-refractivity contribution in [1.82, 2.24) is 4.98 Å². The summed E-state index contributed by atoms with van der Waals surface area (Å²) >= 11 is 0. The van der Waals surface area contributed by atoms with Crippen LogP contribution in [0.2, 0.25) is 0 Å². The quantitative estimate of drug-likeness (QED) is 0.568. The summed E-state index contributed by atoms with van der Waals surface area (Å²) in [4.78, 5) is 12.3. The van der Waals surface area contributed by atoms with Crippen LogP contribution in [0.3, 0.4) is 0 Å². The molecule has 1 aromatic heterocycles. The maximum absolute atomic E-state index is 8.36. The van der Waals surface area contributed by atoms with Crippen LogP contribution in [0.4, 0.5) is 0 Å². The minimum absolute atomic E-state index is 0.250. The number of rotatable bonds is 1. The molecule has 4 heteroatoms. The molecule has 11 heavy (non-hydrogen) atoms. The second-order valence-corrected chi connectivity index (χ2v) is 1.63. The van der Waals surface area contributed by atoms with E-state index in [2.05, 4.69) is 4.98 Å². The van der Waals surface area contributed by atoms with Gasteiger partial charge in [-0.25, -0.2) is 0 Å². The molecule has 0 aliphatic rings. The van der Waals surface area contributed by atoms with Crippen LogP contribution in [-0.4, -0.2) is 16.6 Å². The molecule has 0 bridgehead atoms. The number of hydrogen-bond donors (Lipinski definition) is 2. The lowest BCUT2D eigenvalue weighted by Gasteiger charge is -1.89. The molecule has 0 unspecified atom stereocenters. The van der Waals surface area contributed by atoms with Crippen LogP contribution in [0, 0.1) is 0 Å². The van der Waals surface area contributed by atoms with Crippen LogP contribution in [0.25, 0.3) is 0 Å². The Balaban J connectivity index is 0.000000292. The molecule has 3 N–H and O–H groups in total. The first-order valence-corrected chi connectivity index (χ1v) is 3.03. The van der Waals surface area contributed by atoms with Gasteiger partial charge in [0.05, 0.1) is 5.69 Å². The molecule has 1 aromatic rings. The fraction of sp³-hybridized carbons (Fsp3) is 0.143. The maximum atomic E-state index is 8.36. The van der Waals surface area contributed by atoms with Crippen molar-refractivity contribution in [2.45, 2.75) is 6.54 Å². The summed E-state index contributed by atoms with van der Waals surface area (Å²) < 4.78 is 0. The van der Waals surface area contributed by atoms with E-state index in [1.54, 1.807) is 6.20 Å². The van der Waals surface area contributed by atoms with Crippen LogP contribution in [0.5, 0.6) is 0 Å². The SMILES string of the molecule is NCc1ccccn1.O=CO. The van der Waals surface area contributed by atoms with Crippen molar-refractivity contribution in [2.24, 2.45) is 5.73 Å². The van der Waals surface area contributed by atoms with Gasteiger partial charge in [-0.2, -0.15) is 0 Å². The van der Waals surface area contributed by atoms with Crippen molar-refractivity contribution in [3.8, 4) is 0 Å². The molecule has 0 atom stereocenters. The Morgan fingerprint density at radius 2 is 2.27 bits per heavy atom. The van der Waals surface area contributed by atoms with E-state index >= 15 is 0 Å². The predicted octanol–water partition coefficient (Wildman–Crippen LogP) is 0.241. The van der Waals surface area contributed by atoms with E-state index in [9.17, 15) is 0 Å². The third-order valence-electron chi connectivity index (χ3n) is 0.935. The number of hydrogen-bond acceptors (Lipinski definition) is 3. The second kappa shape index (κ2) is 6.70. The first-order chi connectivity index (χ1) is 5.35. The van der Waals surface area contributed by atoms with E-state index in [1.807, 2.05) is 18.2 Å². The molecule has 0 saturated carbocycles. The van der Waals surface area contributed by atoms with Gasteiger partial charge in [0.2, 0.25) is 0 Å². The predicted molar refractivity (Wildman–Crippen MR) is 40.8 cm³/mol. The van der Waals surface area contributed by atoms with Crippen LogP contribution in [0.15, 0.2) is 24.4 Å². The van der Waals surface area contributed by atoms with Crippen LogP contribution in [-0.2, 0) is 11.3 Å². The van der Waals surface area contributed by atoms with Crippen molar-refractivity contribution >= 4 is 6.47 Å². The highest BCUT2D eigenvalue weighted by Gasteiger charge is 1.81. The minimum Gasteiger partial charge on any atom is -0.483 e. The summed E-state index contributed by atoms with van der Waals surface area (Å²) in [6.45, 7) is 0.279. The maximum Gasteiger partial charge on any atom is 0.290 e. The Hall–Kier alpha value is -1.42. The number of nitrogens with two attached hydrogens (primary N) is 1. The minimum atomic E-state index is -0.250. The fourth-order valence-corrected chi connectivity index (χ4v) is 0.519. The molecule has 0 spiro atoms. The molecule has 1 rings (SSSR count). The highest BCUT2D eigenvalue weighted by Crippen LogP contribution is 1.88. The zero-order chi connectivity index (χ0) is 8.53. The molecular formula is C7H10N2O2. The van der Waals surface area contributed by atoms with Crippen molar-refractivity contribution in [3.05, 3.63) is 30.1 Å². The van der Waals surface area contributed by atoms with Crippen LogP contribution >= 0.6 is 0 Å². The highest BCUT2D eigenvalue weighted by atomic mass is 16.3. The van der Waals surface area contributed by atoms with Gasteiger partial charge in [0.15, 0.2) is 0 Å². The second-order valence-electron chi connectivity index (χ2n) is 1.63. The molecule has 1 heterocycles. The Kier molecular flexibility index (Phi) is 5.83. The lowest BCUT2D eigenvalue weighted by atomic mass is 10.4. The third-order valence-corrected chi connectivity index (χ3v) is 0.935. The topological polar surface area (TPSA) is 76.2 Å². The standard InChI is InChI=1S/C6H8N2.CH2O2/c7-5-6-3-1-2-4-8-6;2-1-3/h1-4H,5,7H2;1H,(H,2,3). The summed E-state index contributed by atoms with van der Waals surface area (Å²) in [6, 6.07) is 5.70. The molecule has 0 amide bonds. The number of carboxylic acid groups (broad SMARTS) is 1. The van der Waals surface area contributed by atoms with Gasteiger partial charge < -0.3 is 10.8 Å². The summed E-state index contributed by atoms with van der Waals surface area (Å²) in [6.07, 6.45) is 1.74. The zero-order valence-corrected chi connectivity index (χ0v) is 5.97. The number of carbonyl (C=O) groups is 1. The molecule has 0 aliphatic heterocycles. The summed E-state index contributed by atoms with van der Waals surface area (Å²) in [5.74, 6) is 0. The Bertz CT molecular complexity index is 189. The summed E-state index contributed by atoms with van der Waals surface area (Å²) in [7, 11) is 0. The molecule has 0 radical (unpaired) electrons. The molecule has 0 fully saturated rings. The van der Waals surface area contributed by atoms with E-state index in [0.717, 1.165) is 5.69 Å². The van der Waals surface area contributed by atoms with Crippen molar-refractivity contribution in [3.63, 3.8) is 0 Å². The molecular weight excluding hydrogens is 144 g/mol. The van der Waals surface area contributed by atoms with Crippen molar-refractivity contribution in [1.29, 1.82) is 0 Å². The van der Waals surface area contributed by atoms with E-state index in [4.69, 9.17) is 15.6 Å². The van der Waals surface area contributed by atoms with Crippen molar-refractivity contribution < 1.29 is 9.90 Å². The van der Waals surface area contributed by atoms with Crippen LogP contribution in [0.1, 0.15) is 5.69 Å². The normalized spacial score (nSPS) is 7.73. The molecule has 0 aliphatic carbocycles. The van der Waals surface area contributed by atoms with E-state index in [-0.39, 0.29) is 6.47 Å². The summed E-state index contributed by atoms with van der Waals surface area (Å²) in [5.41, 5.74) is 6.22.